The fraction of sp³-hybridized carbons (Fsp3) is 0.429. The van der Waals surface area contributed by atoms with Crippen molar-refractivity contribution in [3.05, 3.63) is 24.6 Å². The smallest absolute Gasteiger partial charge is 0.136 e. The fourth-order valence-corrected chi connectivity index (χ4v) is 0.421. The first kappa shape index (κ1) is 9.04. The predicted octanol–water partition coefficient (Wildman–Crippen LogP) is 1.15. The molecule has 0 fully saturated rings. The number of rotatable bonds is 4. The zero-order valence-corrected chi connectivity index (χ0v) is 6.63. The van der Waals surface area contributed by atoms with Crippen molar-refractivity contribution in [2.45, 2.75) is 0 Å². The van der Waals surface area contributed by atoms with Crippen LogP contribution in [0.1, 0.15) is 0 Å². The van der Waals surface area contributed by atoms with Crippen LogP contribution in [0.25, 0.3) is 0 Å². The Hall–Kier alpha value is -0.960. The normalized spacial score (nSPS) is 10.9. The number of hydroxylamine groups is 2. The van der Waals surface area contributed by atoms with Gasteiger partial charge in [0.25, 0.3) is 0 Å². The van der Waals surface area contributed by atoms with Crippen LogP contribution in [0.5, 0.6) is 0 Å². The molecule has 0 N–H and O–H groups in total. The molecule has 3 nitrogen and oxygen atoms in total. The highest BCUT2D eigenvalue weighted by Gasteiger charge is 1.90. The summed E-state index contributed by atoms with van der Waals surface area (Å²) in [6.45, 7) is 3.54. The Morgan fingerprint density at radius 3 is 2.40 bits per heavy atom. The van der Waals surface area contributed by atoms with E-state index in [1.54, 1.807) is 33.5 Å². The van der Waals surface area contributed by atoms with Crippen molar-refractivity contribution in [2.75, 3.05) is 21.3 Å². The van der Waals surface area contributed by atoms with Gasteiger partial charge in [-0.15, -0.1) is 0 Å². The van der Waals surface area contributed by atoms with Crippen molar-refractivity contribution >= 4 is 0 Å². The first-order valence-electron chi connectivity index (χ1n) is 2.89. The Morgan fingerprint density at radius 1 is 1.50 bits per heavy atom. The monoisotopic (exact) mass is 143 g/mol. The second-order valence-corrected chi connectivity index (χ2v) is 1.67. The van der Waals surface area contributed by atoms with Crippen LogP contribution >= 0.6 is 0 Å². The van der Waals surface area contributed by atoms with Crippen LogP contribution in [0.15, 0.2) is 24.6 Å². The number of hydrogen-bond acceptors (Lipinski definition) is 3. The summed E-state index contributed by atoms with van der Waals surface area (Å²) in [7, 11) is 4.92. The number of ether oxygens (including phenoxy) is 1. The van der Waals surface area contributed by atoms with Crippen LogP contribution in [0, 0.1) is 0 Å². The zero-order valence-electron chi connectivity index (χ0n) is 6.63. The Labute approximate surface area is 61.5 Å². The quantitative estimate of drug-likeness (QED) is 0.335. The molecule has 0 spiro atoms. The van der Waals surface area contributed by atoms with Gasteiger partial charge in [-0.25, -0.2) is 0 Å². The van der Waals surface area contributed by atoms with Gasteiger partial charge in [0.15, 0.2) is 0 Å². The third-order valence-corrected chi connectivity index (χ3v) is 1.03. The van der Waals surface area contributed by atoms with Crippen LogP contribution in [-0.2, 0) is 9.57 Å². The lowest BCUT2D eigenvalue weighted by Crippen LogP contribution is -2.08. The molecular formula is C7H13NO2. The van der Waals surface area contributed by atoms with Gasteiger partial charge < -0.3 is 4.74 Å². The van der Waals surface area contributed by atoms with Crippen molar-refractivity contribution in [3.63, 3.8) is 0 Å². The Kier molecular flexibility index (Phi) is 4.41. The van der Waals surface area contributed by atoms with Gasteiger partial charge in [0.2, 0.25) is 0 Å². The van der Waals surface area contributed by atoms with Gasteiger partial charge in [-0.05, 0) is 6.08 Å². The van der Waals surface area contributed by atoms with Gasteiger partial charge in [0.1, 0.15) is 5.76 Å². The molecule has 0 saturated carbocycles. The van der Waals surface area contributed by atoms with Crippen LogP contribution in [0.2, 0.25) is 0 Å². The summed E-state index contributed by atoms with van der Waals surface area (Å²) in [5, 5.41) is 1.53. The summed E-state index contributed by atoms with van der Waals surface area (Å²) in [6.07, 6.45) is 3.29. The summed E-state index contributed by atoms with van der Waals surface area (Å²) in [4.78, 5) is 4.81. The average Bonchev–Trinajstić information content (AvgIpc) is 1.99. The Balaban J connectivity index is 3.95. The standard InChI is InChI=1S/C7H13NO2/c1-5-7(9-3)6-8(2)10-4/h5-6H,1H2,2-4H3/b7-6+. The lowest BCUT2D eigenvalue weighted by molar-refractivity contribution is -0.0671. The van der Waals surface area contributed by atoms with Crippen LogP contribution in [0.4, 0.5) is 0 Å². The van der Waals surface area contributed by atoms with Crippen molar-refractivity contribution < 1.29 is 9.57 Å². The molecule has 0 unspecified atom stereocenters. The first-order chi connectivity index (χ1) is 4.74. The van der Waals surface area contributed by atoms with Gasteiger partial charge >= 0.3 is 0 Å². The van der Waals surface area contributed by atoms with Crippen LogP contribution in [0.3, 0.4) is 0 Å². The maximum absolute atomic E-state index is 4.89. The molecule has 0 amide bonds. The summed E-state index contributed by atoms with van der Waals surface area (Å²) >= 11 is 0. The topological polar surface area (TPSA) is 21.7 Å². The van der Waals surface area contributed by atoms with E-state index in [1.165, 1.54) is 5.06 Å². The number of methoxy groups -OCH3 is 1. The van der Waals surface area contributed by atoms with E-state index in [4.69, 9.17) is 9.57 Å². The van der Waals surface area contributed by atoms with Crippen LogP contribution < -0.4 is 0 Å². The molecule has 0 aromatic carbocycles. The van der Waals surface area contributed by atoms with E-state index < -0.39 is 0 Å². The van der Waals surface area contributed by atoms with E-state index in [-0.39, 0.29) is 0 Å². The molecule has 0 rings (SSSR count). The molecular weight excluding hydrogens is 130 g/mol. The van der Waals surface area contributed by atoms with E-state index in [0.29, 0.717) is 5.76 Å². The summed E-state index contributed by atoms with van der Waals surface area (Å²) < 4.78 is 4.89. The summed E-state index contributed by atoms with van der Waals surface area (Å²) in [5.41, 5.74) is 0. The second-order valence-electron chi connectivity index (χ2n) is 1.67. The third kappa shape index (κ3) is 3.14. The maximum Gasteiger partial charge on any atom is 0.136 e. The second kappa shape index (κ2) is 4.88. The minimum absolute atomic E-state index is 0.671. The van der Waals surface area contributed by atoms with E-state index in [9.17, 15) is 0 Å². The predicted molar refractivity (Wildman–Crippen MR) is 40.1 cm³/mol. The van der Waals surface area contributed by atoms with E-state index in [1.807, 2.05) is 0 Å². The first-order valence-corrected chi connectivity index (χ1v) is 2.89. The van der Waals surface area contributed by atoms with Gasteiger partial charge in [0.05, 0.1) is 20.4 Å². The molecule has 0 radical (unpaired) electrons. The van der Waals surface area contributed by atoms with Crippen molar-refractivity contribution in [1.29, 1.82) is 0 Å². The SMILES string of the molecule is C=C/C(=C\N(C)OC)OC. The molecule has 3 heteroatoms. The molecule has 0 bridgehead atoms. The zero-order chi connectivity index (χ0) is 7.98. The Bertz CT molecular complexity index is 132. The molecule has 0 heterocycles. The lowest BCUT2D eigenvalue weighted by Gasteiger charge is -2.10. The van der Waals surface area contributed by atoms with E-state index >= 15 is 0 Å². The molecule has 0 aromatic heterocycles. The van der Waals surface area contributed by atoms with Crippen molar-refractivity contribution in [1.82, 2.24) is 5.06 Å². The van der Waals surface area contributed by atoms with Crippen molar-refractivity contribution in [3.8, 4) is 0 Å². The number of hydrogen-bond donors (Lipinski definition) is 0. The van der Waals surface area contributed by atoms with Gasteiger partial charge in [0, 0.05) is 7.05 Å². The minimum Gasteiger partial charge on any atom is -0.495 e. The van der Waals surface area contributed by atoms with Gasteiger partial charge in [-0.1, -0.05) is 6.58 Å². The highest BCUT2D eigenvalue weighted by molar-refractivity contribution is 5.06. The van der Waals surface area contributed by atoms with Gasteiger partial charge in [-0.3, -0.25) is 9.90 Å². The van der Waals surface area contributed by atoms with Gasteiger partial charge in [-0.2, -0.15) is 0 Å². The third-order valence-electron chi connectivity index (χ3n) is 1.03. The molecule has 58 valence electrons. The molecule has 0 aromatic rings. The molecule has 0 aliphatic heterocycles. The summed E-state index contributed by atoms with van der Waals surface area (Å²) in [5.74, 6) is 0.671. The Morgan fingerprint density at radius 2 is 2.10 bits per heavy atom. The van der Waals surface area contributed by atoms with Crippen LogP contribution in [-0.4, -0.2) is 26.3 Å². The highest BCUT2D eigenvalue weighted by atomic mass is 16.7. The van der Waals surface area contributed by atoms with Crippen molar-refractivity contribution in [2.24, 2.45) is 0 Å². The fourth-order valence-electron chi connectivity index (χ4n) is 0.421. The summed E-state index contributed by atoms with van der Waals surface area (Å²) in [6, 6.07) is 0. The van der Waals surface area contributed by atoms with E-state index in [0.717, 1.165) is 0 Å². The molecule has 0 aliphatic carbocycles. The molecule has 10 heavy (non-hydrogen) atoms. The lowest BCUT2D eigenvalue weighted by atomic mass is 10.5. The maximum atomic E-state index is 4.89. The molecule has 0 aliphatic rings. The number of nitrogens with zero attached hydrogens (tertiary/aromatic N) is 1. The largest absolute Gasteiger partial charge is 0.495 e. The minimum atomic E-state index is 0.671. The number of allylic oxidation sites excluding steroid dienone is 1. The molecule has 0 saturated heterocycles. The average molecular weight is 143 g/mol. The van der Waals surface area contributed by atoms with E-state index in [2.05, 4.69) is 6.58 Å². The highest BCUT2D eigenvalue weighted by Crippen LogP contribution is 1.97. The molecule has 0 atom stereocenters.